The molecule has 7 nitrogen and oxygen atoms in total. The van der Waals surface area contributed by atoms with Gasteiger partial charge in [0.15, 0.2) is 5.78 Å². The largest absolute Gasteiger partial charge is 0.513 e. The second-order valence-electron chi connectivity index (χ2n) is 7.98. The molecule has 7 heteroatoms. The van der Waals surface area contributed by atoms with E-state index in [2.05, 4.69) is 0 Å². The molecule has 156 valence electrons. The van der Waals surface area contributed by atoms with E-state index >= 15 is 0 Å². The second-order valence-corrected chi connectivity index (χ2v) is 7.98. The number of likely N-dealkylation sites (tertiary alicyclic amines) is 1. The molecular formula is C22H27NO6. The van der Waals surface area contributed by atoms with Crippen molar-refractivity contribution in [2.24, 2.45) is 5.92 Å². The van der Waals surface area contributed by atoms with Crippen LogP contribution in [0.3, 0.4) is 0 Å². The second kappa shape index (κ2) is 7.69. The summed E-state index contributed by atoms with van der Waals surface area (Å²) in [5.41, 5.74) is 1.49. The molecule has 4 rings (SSSR count). The van der Waals surface area contributed by atoms with E-state index in [1.54, 1.807) is 26.0 Å². The van der Waals surface area contributed by atoms with E-state index in [1.165, 1.54) is 0 Å². The van der Waals surface area contributed by atoms with Crippen LogP contribution in [-0.2, 0) is 14.9 Å². The van der Waals surface area contributed by atoms with Crippen molar-refractivity contribution < 1.29 is 28.6 Å². The molecule has 3 atom stereocenters. The van der Waals surface area contributed by atoms with Crippen molar-refractivity contribution in [1.82, 2.24) is 4.90 Å². The molecule has 0 aromatic heterocycles. The van der Waals surface area contributed by atoms with Gasteiger partial charge in [-0.15, -0.1) is 0 Å². The van der Waals surface area contributed by atoms with E-state index in [-0.39, 0.29) is 35.9 Å². The number of Topliss-reactive ketones (excluding diaryl/α,β-unsaturated/α-hetero) is 1. The number of hydrogen-bond acceptors (Lipinski definition) is 6. The Hall–Kier alpha value is -2.57. The van der Waals surface area contributed by atoms with Gasteiger partial charge in [-0.05, 0) is 62.8 Å². The highest BCUT2D eigenvalue weighted by Gasteiger charge is 2.56. The Morgan fingerprint density at radius 2 is 1.97 bits per heavy atom. The minimum absolute atomic E-state index is 0.00304. The number of benzene rings is 1. The molecule has 1 aliphatic heterocycles. The van der Waals surface area contributed by atoms with Crippen LogP contribution in [-0.4, -0.2) is 48.7 Å². The normalized spacial score (nSPS) is 27.5. The molecule has 1 saturated carbocycles. The Balaban J connectivity index is 1.70. The van der Waals surface area contributed by atoms with Crippen LogP contribution in [0.1, 0.15) is 61.9 Å². The SMILES string of the molecule is CCOC(=O)Oc1ccc2c(c1)[C@@]13CCC[C@@H]([C@H]1CC2=O)N(C(=O)OCC)CC3. The van der Waals surface area contributed by atoms with E-state index in [9.17, 15) is 14.4 Å². The third-order valence-electron chi connectivity index (χ3n) is 6.70. The molecule has 1 aromatic rings. The van der Waals surface area contributed by atoms with Crippen molar-refractivity contribution in [3.63, 3.8) is 0 Å². The van der Waals surface area contributed by atoms with Crippen LogP contribution in [0.15, 0.2) is 18.2 Å². The van der Waals surface area contributed by atoms with E-state index in [4.69, 9.17) is 14.2 Å². The predicted octanol–water partition coefficient (Wildman–Crippen LogP) is 4.08. The van der Waals surface area contributed by atoms with Gasteiger partial charge >= 0.3 is 12.2 Å². The van der Waals surface area contributed by atoms with Crippen molar-refractivity contribution in [3.05, 3.63) is 29.3 Å². The molecule has 1 heterocycles. The van der Waals surface area contributed by atoms with Crippen molar-refractivity contribution in [3.8, 4) is 5.75 Å². The van der Waals surface area contributed by atoms with Crippen LogP contribution >= 0.6 is 0 Å². The summed E-state index contributed by atoms with van der Waals surface area (Å²) in [5, 5.41) is 0. The minimum Gasteiger partial charge on any atom is -0.450 e. The number of hydrogen-bond donors (Lipinski definition) is 0. The van der Waals surface area contributed by atoms with E-state index in [0.29, 0.717) is 30.9 Å². The van der Waals surface area contributed by atoms with Gasteiger partial charge < -0.3 is 19.1 Å². The van der Waals surface area contributed by atoms with E-state index in [0.717, 1.165) is 31.2 Å². The van der Waals surface area contributed by atoms with Crippen LogP contribution in [0.2, 0.25) is 0 Å². The third kappa shape index (κ3) is 3.26. The molecule has 0 unspecified atom stereocenters. The number of carbonyl (C=O) groups is 3. The molecule has 1 saturated heterocycles. The lowest BCUT2D eigenvalue weighted by Gasteiger charge is -2.58. The standard InChI is InChI=1S/C22H27NO6/c1-3-27-20(25)23-11-10-22-9-5-6-18(23)17(22)13-19(24)15-8-7-14(12-16(15)22)29-21(26)28-4-2/h7-8,12,17-18H,3-6,9-11,13H2,1-2H3/t17-,18+,22+/m1/s1. The summed E-state index contributed by atoms with van der Waals surface area (Å²) in [6.45, 7) is 4.71. The van der Waals surface area contributed by atoms with Gasteiger partial charge in [0, 0.05) is 30.0 Å². The molecule has 0 spiro atoms. The summed E-state index contributed by atoms with van der Waals surface area (Å²) in [6, 6.07) is 5.25. The highest BCUT2D eigenvalue weighted by Crippen LogP contribution is 2.56. The maximum Gasteiger partial charge on any atom is 0.513 e. The minimum atomic E-state index is -0.748. The smallest absolute Gasteiger partial charge is 0.450 e. The zero-order valence-corrected chi connectivity index (χ0v) is 16.9. The van der Waals surface area contributed by atoms with Crippen LogP contribution in [0.25, 0.3) is 0 Å². The van der Waals surface area contributed by atoms with Gasteiger partial charge in [0.1, 0.15) is 5.75 Å². The molecule has 2 aliphatic carbocycles. The first kappa shape index (κ1) is 19.7. The molecular weight excluding hydrogens is 374 g/mol. The Bertz CT molecular complexity index is 837. The Morgan fingerprint density at radius 1 is 1.17 bits per heavy atom. The van der Waals surface area contributed by atoms with E-state index < -0.39 is 6.16 Å². The van der Waals surface area contributed by atoms with Gasteiger partial charge in [-0.1, -0.05) is 6.42 Å². The highest BCUT2D eigenvalue weighted by atomic mass is 16.7. The van der Waals surface area contributed by atoms with Crippen LogP contribution < -0.4 is 4.74 Å². The number of nitrogens with zero attached hydrogens (tertiary/aromatic N) is 1. The van der Waals surface area contributed by atoms with Gasteiger partial charge in [0.2, 0.25) is 0 Å². The summed E-state index contributed by atoms with van der Waals surface area (Å²) >= 11 is 0. The molecule has 1 aromatic carbocycles. The summed E-state index contributed by atoms with van der Waals surface area (Å²) in [4.78, 5) is 39.0. The number of piperidine rings is 1. The van der Waals surface area contributed by atoms with Gasteiger partial charge in [0.25, 0.3) is 0 Å². The van der Waals surface area contributed by atoms with Gasteiger partial charge in [-0.3, -0.25) is 4.79 Å². The zero-order chi connectivity index (χ0) is 20.6. The fourth-order valence-corrected chi connectivity index (χ4v) is 5.58. The maximum absolute atomic E-state index is 12.9. The fourth-order valence-electron chi connectivity index (χ4n) is 5.58. The number of amides is 1. The predicted molar refractivity (Wildman–Crippen MR) is 104 cm³/mol. The number of ketones is 1. The number of carbonyl (C=O) groups excluding carboxylic acids is 3. The maximum atomic E-state index is 12.9. The quantitative estimate of drug-likeness (QED) is 0.561. The highest BCUT2D eigenvalue weighted by molar-refractivity contribution is 6.00. The first-order valence-electron chi connectivity index (χ1n) is 10.5. The average Bonchev–Trinajstić information content (AvgIpc) is 2.68. The first-order valence-corrected chi connectivity index (χ1v) is 10.5. The summed E-state index contributed by atoms with van der Waals surface area (Å²) in [5.74, 6) is 0.535. The summed E-state index contributed by atoms with van der Waals surface area (Å²) < 4.78 is 15.4. The molecule has 0 N–H and O–H groups in total. The topological polar surface area (TPSA) is 82.1 Å². The first-order chi connectivity index (χ1) is 14.0. The summed E-state index contributed by atoms with van der Waals surface area (Å²) in [7, 11) is 0. The van der Waals surface area contributed by atoms with Crippen LogP contribution in [0, 0.1) is 5.92 Å². The van der Waals surface area contributed by atoms with Crippen LogP contribution in [0.5, 0.6) is 5.75 Å². The monoisotopic (exact) mass is 401 g/mol. The molecule has 3 aliphatic rings. The van der Waals surface area contributed by atoms with Crippen molar-refractivity contribution in [2.45, 2.75) is 57.4 Å². The molecule has 2 fully saturated rings. The molecule has 29 heavy (non-hydrogen) atoms. The molecule has 0 radical (unpaired) electrons. The van der Waals surface area contributed by atoms with Gasteiger partial charge in [-0.2, -0.15) is 0 Å². The lowest BCUT2D eigenvalue weighted by Crippen LogP contribution is -2.62. The fraction of sp³-hybridized carbons (Fsp3) is 0.591. The van der Waals surface area contributed by atoms with Crippen molar-refractivity contribution >= 4 is 18.0 Å². The Kier molecular flexibility index (Phi) is 5.23. The number of rotatable bonds is 3. The van der Waals surface area contributed by atoms with Gasteiger partial charge in [-0.25, -0.2) is 9.59 Å². The lowest BCUT2D eigenvalue weighted by molar-refractivity contribution is -0.0168. The average molecular weight is 401 g/mol. The lowest BCUT2D eigenvalue weighted by atomic mass is 9.52. The molecule has 1 amide bonds. The van der Waals surface area contributed by atoms with Gasteiger partial charge in [0.05, 0.1) is 13.2 Å². The Labute approximate surface area is 170 Å². The van der Waals surface area contributed by atoms with E-state index in [1.807, 2.05) is 11.0 Å². The number of ether oxygens (including phenoxy) is 3. The zero-order valence-electron chi connectivity index (χ0n) is 16.9. The van der Waals surface area contributed by atoms with Crippen LogP contribution in [0.4, 0.5) is 9.59 Å². The summed E-state index contributed by atoms with van der Waals surface area (Å²) in [6.07, 6.45) is 3.00. The van der Waals surface area contributed by atoms with Crippen molar-refractivity contribution in [1.29, 1.82) is 0 Å². The van der Waals surface area contributed by atoms with Crippen molar-refractivity contribution in [2.75, 3.05) is 19.8 Å². The molecule has 2 bridgehead atoms. The number of fused-ring (bicyclic) bond motifs is 1. The Morgan fingerprint density at radius 3 is 2.72 bits per heavy atom. The third-order valence-corrected chi connectivity index (χ3v) is 6.70.